The molecular formula is C17H21N5O7S2. The smallest absolute Gasteiger partial charge is 0.352 e. The molecule has 1 fully saturated rings. The maximum absolute atomic E-state index is 12.7. The first kappa shape index (κ1) is 22.8. The maximum Gasteiger partial charge on any atom is 0.352 e. The summed E-state index contributed by atoms with van der Waals surface area (Å²) < 4.78 is 5.58. The fourth-order valence-corrected chi connectivity index (χ4v) is 5.00. The number of carboxylic acid groups (broad SMARTS) is 2. The van der Waals surface area contributed by atoms with Crippen molar-refractivity contribution in [2.24, 2.45) is 5.16 Å². The molecular weight excluding hydrogens is 450 g/mol. The fourth-order valence-electron chi connectivity index (χ4n) is 3.18. The Kier molecular flexibility index (Phi) is 7.35. The summed E-state index contributed by atoms with van der Waals surface area (Å²) in [5.74, 6) is -3.16. The van der Waals surface area contributed by atoms with Gasteiger partial charge in [0.1, 0.15) is 23.9 Å². The summed E-state index contributed by atoms with van der Waals surface area (Å²) in [4.78, 5) is 45.1. The number of nitrogen functional groups attached to an aromatic ring is 1. The van der Waals surface area contributed by atoms with E-state index in [1.165, 1.54) is 24.3 Å². The van der Waals surface area contributed by atoms with Crippen molar-refractivity contribution in [3.63, 3.8) is 0 Å². The Balaban J connectivity index is 1.80. The van der Waals surface area contributed by atoms with Crippen LogP contribution in [0.1, 0.15) is 18.5 Å². The van der Waals surface area contributed by atoms with Gasteiger partial charge in [-0.15, -0.1) is 23.1 Å². The number of aromatic nitrogens is 1. The molecule has 0 saturated carbocycles. The van der Waals surface area contributed by atoms with Gasteiger partial charge in [-0.05, 0) is 18.4 Å². The van der Waals surface area contributed by atoms with E-state index in [0.29, 0.717) is 18.6 Å². The Labute approximate surface area is 184 Å². The first-order valence-electron chi connectivity index (χ1n) is 9.14. The van der Waals surface area contributed by atoms with Gasteiger partial charge in [-0.3, -0.25) is 4.79 Å². The number of nitrogens with one attached hydrogen (secondary N) is 2. The highest BCUT2D eigenvalue weighted by molar-refractivity contribution is 8.00. The van der Waals surface area contributed by atoms with Crippen LogP contribution in [-0.2, 0) is 24.0 Å². The highest BCUT2D eigenvalue weighted by Gasteiger charge is 2.38. The van der Waals surface area contributed by atoms with Gasteiger partial charge in [-0.1, -0.05) is 5.16 Å². The third-order valence-electron chi connectivity index (χ3n) is 4.58. The Morgan fingerprint density at radius 1 is 1.45 bits per heavy atom. The normalized spacial score (nSPS) is 22.5. The van der Waals surface area contributed by atoms with E-state index in [2.05, 4.69) is 25.6 Å². The number of anilines is 1. The van der Waals surface area contributed by atoms with Gasteiger partial charge < -0.3 is 36.2 Å². The van der Waals surface area contributed by atoms with Gasteiger partial charge in [-0.2, -0.15) is 0 Å². The van der Waals surface area contributed by atoms with E-state index in [0.717, 1.165) is 17.8 Å². The van der Waals surface area contributed by atoms with Crippen molar-refractivity contribution in [2.75, 3.05) is 25.2 Å². The molecule has 0 radical (unpaired) electrons. The molecule has 12 nitrogen and oxygen atoms in total. The topological polar surface area (TPSA) is 185 Å². The summed E-state index contributed by atoms with van der Waals surface area (Å²) in [6.45, 7) is 0.547. The second kappa shape index (κ2) is 9.98. The van der Waals surface area contributed by atoms with E-state index in [1.54, 1.807) is 0 Å². The summed E-state index contributed by atoms with van der Waals surface area (Å²) in [7, 11) is 1.23. The predicted octanol–water partition coefficient (Wildman–Crippen LogP) is -0.175. The van der Waals surface area contributed by atoms with Crippen molar-refractivity contribution < 1.29 is 34.2 Å². The van der Waals surface area contributed by atoms with Crippen molar-refractivity contribution in [1.29, 1.82) is 0 Å². The molecule has 3 rings (SSSR count). The molecule has 2 aliphatic rings. The number of hydrogen-bond donors (Lipinski definition) is 5. The lowest BCUT2D eigenvalue weighted by Gasteiger charge is -2.32. The zero-order valence-corrected chi connectivity index (χ0v) is 18.0. The molecule has 1 unspecified atom stereocenters. The quantitative estimate of drug-likeness (QED) is 0.250. The van der Waals surface area contributed by atoms with Crippen LogP contribution >= 0.6 is 23.1 Å². The minimum absolute atomic E-state index is 0.103. The summed E-state index contributed by atoms with van der Waals surface area (Å²) in [5.41, 5.74) is 5.93. The number of amides is 1. The van der Waals surface area contributed by atoms with E-state index < -0.39 is 29.3 Å². The number of carbonyl (C=O) groups excluding carboxylic acids is 1. The van der Waals surface area contributed by atoms with Gasteiger partial charge in [0, 0.05) is 17.7 Å². The van der Waals surface area contributed by atoms with Gasteiger partial charge in [0.25, 0.3) is 5.91 Å². The number of rotatable bonds is 8. The Bertz CT molecular complexity index is 926. The number of thioether (sulfide) groups is 1. The van der Waals surface area contributed by atoms with Crippen LogP contribution in [0.3, 0.4) is 0 Å². The molecule has 2 aliphatic heterocycles. The van der Waals surface area contributed by atoms with Crippen LogP contribution in [0.4, 0.5) is 5.13 Å². The maximum atomic E-state index is 12.7. The Hall–Kier alpha value is -2.84. The van der Waals surface area contributed by atoms with E-state index in [-0.39, 0.29) is 34.1 Å². The van der Waals surface area contributed by atoms with Gasteiger partial charge in [0.15, 0.2) is 16.9 Å². The zero-order chi connectivity index (χ0) is 22.5. The van der Waals surface area contributed by atoms with Gasteiger partial charge in [0.2, 0.25) is 0 Å². The number of nitrogens with two attached hydrogens (primary N) is 1. The van der Waals surface area contributed by atoms with Crippen LogP contribution in [0.2, 0.25) is 0 Å². The van der Waals surface area contributed by atoms with Crippen LogP contribution < -0.4 is 16.4 Å². The van der Waals surface area contributed by atoms with Crippen molar-refractivity contribution in [2.45, 2.75) is 30.4 Å². The molecule has 0 aliphatic carbocycles. The second-order valence-corrected chi connectivity index (χ2v) is 8.59. The van der Waals surface area contributed by atoms with Crippen molar-refractivity contribution in [1.82, 2.24) is 15.6 Å². The molecule has 1 amide bonds. The number of nitrogens with zero attached hydrogens (tertiary/aromatic N) is 2. The van der Waals surface area contributed by atoms with E-state index >= 15 is 0 Å². The third kappa shape index (κ3) is 5.26. The first-order chi connectivity index (χ1) is 14.8. The summed E-state index contributed by atoms with van der Waals surface area (Å²) in [6, 6.07) is -1.46. The summed E-state index contributed by atoms with van der Waals surface area (Å²) in [5, 5.41) is 28.8. The summed E-state index contributed by atoms with van der Waals surface area (Å²) >= 11 is 2.25. The molecule has 3 atom stereocenters. The van der Waals surface area contributed by atoms with Crippen molar-refractivity contribution >= 4 is 51.8 Å². The van der Waals surface area contributed by atoms with Gasteiger partial charge >= 0.3 is 11.9 Å². The van der Waals surface area contributed by atoms with Crippen LogP contribution in [0.5, 0.6) is 0 Å². The van der Waals surface area contributed by atoms with E-state index in [9.17, 15) is 24.6 Å². The number of ether oxygens (including phenoxy) is 1. The molecule has 1 saturated heterocycles. The molecule has 0 aromatic carbocycles. The molecule has 1 aromatic heterocycles. The standard InChI is InChI=1S/C17H21N5O7S2/c1-28-22-11(8-6-31-17(18)19-8)13(23)20-12(16(26)27)14-21-10(15(24)25)7(5-30-14)9-3-2-4-29-9/h6,9,12,14,21H,2-5H2,1H3,(H2,18,19)(H,20,23)(H,24,25)(H,26,27)/b22-11-/t9-,12?,14+/m0/s1. The van der Waals surface area contributed by atoms with Crippen LogP contribution in [0.15, 0.2) is 21.8 Å². The Morgan fingerprint density at radius 3 is 2.77 bits per heavy atom. The largest absolute Gasteiger partial charge is 0.480 e. The summed E-state index contributed by atoms with van der Waals surface area (Å²) in [6.07, 6.45) is 1.21. The fraction of sp³-hybridized carbons (Fsp3) is 0.471. The van der Waals surface area contributed by atoms with Gasteiger partial charge in [-0.25, -0.2) is 14.6 Å². The third-order valence-corrected chi connectivity index (χ3v) is 6.48. The molecule has 168 valence electrons. The minimum Gasteiger partial charge on any atom is -0.480 e. The second-order valence-electron chi connectivity index (χ2n) is 6.57. The number of aliphatic carboxylic acids is 2. The number of hydrogen-bond acceptors (Lipinski definition) is 11. The minimum atomic E-state index is -1.46. The molecule has 3 heterocycles. The van der Waals surface area contributed by atoms with E-state index in [4.69, 9.17) is 10.5 Å². The van der Waals surface area contributed by atoms with Gasteiger partial charge in [0.05, 0.1) is 6.10 Å². The predicted molar refractivity (Wildman–Crippen MR) is 113 cm³/mol. The average Bonchev–Trinajstić information content (AvgIpc) is 3.41. The average molecular weight is 472 g/mol. The first-order valence-corrected chi connectivity index (χ1v) is 11.1. The number of oxime groups is 1. The lowest BCUT2D eigenvalue weighted by Crippen LogP contribution is -2.56. The van der Waals surface area contributed by atoms with Crippen molar-refractivity contribution in [3.05, 3.63) is 22.3 Å². The molecule has 14 heteroatoms. The number of carboxylic acids is 2. The van der Waals surface area contributed by atoms with Crippen LogP contribution in [-0.4, -0.2) is 75.7 Å². The number of thiazole rings is 1. The van der Waals surface area contributed by atoms with E-state index in [1.807, 2.05) is 0 Å². The molecule has 1 aromatic rings. The van der Waals surface area contributed by atoms with Crippen LogP contribution in [0.25, 0.3) is 0 Å². The monoisotopic (exact) mass is 471 g/mol. The SMILES string of the molecule is CO/N=C(\C(=O)NC(C(=O)O)[C@@H]1NC(C(=O)O)=C([C@@H]2CCCO2)CS1)c1csc(N)n1. The van der Waals surface area contributed by atoms with Crippen LogP contribution in [0, 0.1) is 0 Å². The highest BCUT2D eigenvalue weighted by Crippen LogP contribution is 2.31. The van der Waals surface area contributed by atoms with Crippen molar-refractivity contribution in [3.8, 4) is 0 Å². The highest BCUT2D eigenvalue weighted by atomic mass is 32.2. The molecule has 6 N–H and O–H groups in total. The zero-order valence-electron chi connectivity index (χ0n) is 16.4. The number of carbonyl (C=O) groups is 3. The lowest BCUT2D eigenvalue weighted by atomic mass is 10.1. The molecule has 31 heavy (non-hydrogen) atoms. The molecule has 0 bridgehead atoms. The molecule has 0 spiro atoms. The Morgan fingerprint density at radius 2 is 2.23 bits per heavy atom. The lowest BCUT2D eigenvalue weighted by molar-refractivity contribution is -0.141.